The lowest BCUT2D eigenvalue weighted by Gasteiger charge is -2.05. The number of benzene rings is 1. The number of nitrogens with two attached hydrogens (primary N) is 1. The van der Waals surface area contributed by atoms with E-state index >= 15 is 0 Å². The van der Waals surface area contributed by atoms with E-state index in [4.69, 9.17) is 5.73 Å². The molecule has 0 radical (unpaired) electrons. The van der Waals surface area contributed by atoms with Crippen molar-refractivity contribution in [2.45, 2.75) is 10.2 Å². The van der Waals surface area contributed by atoms with Gasteiger partial charge in [0.1, 0.15) is 17.2 Å². The van der Waals surface area contributed by atoms with E-state index in [0.29, 0.717) is 11.6 Å². The molecule has 0 aliphatic carbocycles. The zero-order valence-corrected chi connectivity index (χ0v) is 11.6. The Morgan fingerprint density at radius 1 is 1.15 bits per heavy atom. The minimum Gasteiger partial charge on any atom is -0.384 e. The van der Waals surface area contributed by atoms with Gasteiger partial charge in [-0.05, 0) is 11.8 Å². The first-order valence-corrected chi connectivity index (χ1v) is 6.76. The fourth-order valence-electron chi connectivity index (χ4n) is 1.68. The molecule has 3 aromatic rings. The van der Waals surface area contributed by atoms with Crippen LogP contribution in [0.4, 0.5) is 5.82 Å². The summed E-state index contributed by atoms with van der Waals surface area (Å²) in [5.41, 5.74) is 6.79. The second kappa shape index (κ2) is 5.30. The summed E-state index contributed by atoms with van der Waals surface area (Å²) in [5, 5.41) is 5.52. The molecule has 6 nitrogen and oxygen atoms in total. The number of hydrogen-bond donors (Lipinski definition) is 1. The molecule has 7 heteroatoms. The lowest BCUT2D eigenvalue weighted by Crippen LogP contribution is -1.98. The van der Waals surface area contributed by atoms with Crippen molar-refractivity contribution >= 4 is 17.6 Å². The second-order valence-corrected chi connectivity index (χ2v) is 5.08. The standard InChI is InChI=1S/C13H12N6S/c1-19-13(15-8-16-19)20-11-7-10(14)17-12(18-11)9-5-3-2-4-6-9/h2-8H,1H3,(H2,14,17,18). The molecular formula is C13H12N6S. The third kappa shape index (κ3) is 2.62. The Balaban J connectivity index is 1.97. The van der Waals surface area contributed by atoms with Crippen LogP contribution in [0.15, 0.2) is 52.9 Å². The van der Waals surface area contributed by atoms with Crippen molar-refractivity contribution in [3.8, 4) is 11.4 Å². The fraction of sp³-hybridized carbons (Fsp3) is 0.0769. The van der Waals surface area contributed by atoms with Crippen molar-refractivity contribution in [2.75, 3.05) is 5.73 Å². The Labute approximate surface area is 120 Å². The molecule has 0 aliphatic rings. The number of nitrogen functional groups attached to an aromatic ring is 1. The Hall–Kier alpha value is -2.41. The molecule has 2 N–H and O–H groups in total. The smallest absolute Gasteiger partial charge is 0.192 e. The Morgan fingerprint density at radius 2 is 1.95 bits per heavy atom. The molecule has 1 aromatic carbocycles. The van der Waals surface area contributed by atoms with Crippen molar-refractivity contribution in [1.29, 1.82) is 0 Å². The summed E-state index contributed by atoms with van der Waals surface area (Å²) in [7, 11) is 1.83. The van der Waals surface area contributed by atoms with Gasteiger partial charge in [-0.3, -0.25) is 0 Å². The Morgan fingerprint density at radius 3 is 2.65 bits per heavy atom. The molecule has 0 unspecified atom stereocenters. The van der Waals surface area contributed by atoms with Gasteiger partial charge in [0.25, 0.3) is 0 Å². The van der Waals surface area contributed by atoms with E-state index in [9.17, 15) is 0 Å². The molecule has 2 heterocycles. The first kappa shape index (κ1) is 12.6. The van der Waals surface area contributed by atoms with E-state index < -0.39 is 0 Å². The maximum atomic E-state index is 5.86. The third-order valence-corrected chi connectivity index (χ3v) is 3.59. The molecule has 3 rings (SSSR count). The third-order valence-electron chi connectivity index (χ3n) is 2.62. The summed E-state index contributed by atoms with van der Waals surface area (Å²) in [5.74, 6) is 1.04. The molecule has 0 amide bonds. The van der Waals surface area contributed by atoms with Crippen molar-refractivity contribution in [3.05, 3.63) is 42.7 Å². The van der Waals surface area contributed by atoms with E-state index in [2.05, 4.69) is 20.1 Å². The Kier molecular flexibility index (Phi) is 3.34. The van der Waals surface area contributed by atoms with Crippen molar-refractivity contribution in [2.24, 2.45) is 7.05 Å². The molecular weight excluding hydrogens is 272 g/mol. The summed E-state index contributed by atoms with van der Waals surface area (Å²) in [4.78, 5) is 12.9. The molecule has 0 bridgehead atoms. The Bertz CT molecular complexity index is 725. The quantitative estimate of drug-likeness (QED) is 0.741. The SMILES string of the molecule is Cn1ncnc1Sc1cc(N)nc(-c2ccccc2)n1. The maximum Gasteiger partial charge on any atom is 0.192 e. The van der Waals surface area contributed by atoms with E-state index in [1.165, 1.54) is 18.1 Å². The molecule has 0 aliphatic heterocycles. The minimum atomic E-state index is 0.434. The average Bonchev–Trinajstić information content (AvgIpc) is 2.85. The monoisotopic (exact) mass is 284 g/mol. The molecule has 0 atom stereocenters. The fourth-order valence-corrected chi connectivity index (χ4v) is 2.46. The van der Waals surface area contributed by atoms with Gasteiger partial charge in [-0.25, -0.2) is 19.6 Å². The number of anilines is 1. The summed E-state index contributed by atoms with van der Waals surface area (Å²) in [6.07, 6.45) is 1.50. The summed E-state index contributed by atoms with van der Waals surface area (Å²) < 4.78 is 1.69. The zero-order chi connectivity index (χ0) is 13.9. The maximum absolute atomic E-state index is 5.86. The van der Waals surface area contributed by atoms with Gasteiger partial charge in [0.2, 0.25) is 0 Å². The molecule has 0 saturated heterocycles. The highest BCUT2D eigenvalue weighted by Crippen LogP contribution is 2.26. The number of nitrogens with zero attached hydrogens (tertiary/aromatic N) is 5. The number of rotatable bonds is 3. The largest absolute Gasteiger partial charge is 0.384 e. The van der Waals surface area contributed by atoms with Crippen molar-refractivity contribution < 1.29 is 0 Å². The van der Waals surface area contributed by atoms with Crippen molar-refractivity contribution in [1.82, 2.24) is 24.7 Å². The van der Waals surface area contributed by atoms with Crippen LogP contribution in [0.3, 0.4) is 0 Å². The van der Waals surface area contributed by atoms with Gasteiger partial charge >= 0.3 is 0 Å². The molecule has 0 saturated carbocycles. The van der Waals surface area contributed by atoms with Crippen LogP contribution in [-0.4, -0.2) is 24.7 Å². The summed E-state index contributed by atoms with van der Waals surface area (Å²) >= 11 is 1.40. The summed E-state index contributed by atoms with van der Waals surface area (Å²) in [6.45, 7) is 0. The molecule has 2 aromatic heterocycles. The topological polar surface area (TPSA) is 82.5 Å². The highest BCUT2D eigenvalue weighted by molar-refractivity contribution is 7.99. The van der Waals surface area contributed by atoms with Gasteiger partial charge in [-0.15, -0.1) is 0 Å². The van der Waals surface area contributed by atoms with E-state index in [1.54, 1.807) is 10.7 Å². The van der Waals surface area contributed by atoms with Gasteiger partial charge in [0.05, 0.1) is 0 Å². The highest BCUT2D eigenvalue weighted by Gasteiger charge is 2.09. The van der Waals surface area contributed by atoms with Gasteiger partial charge in [-0.2, -0.15) is 5.10 Å². The number of aryl methyl sites for hydroxylation is 1. The van der Waals surface area contributed by atoms with E-state index in [-0.39, 0.29) is 0 Å². The zero-order valence-electron chi connectivity index (χ0n) is 10.8. The minimum absolute atomic E-state index is 0.434. The van der Waals surface area contributed by atoms with Crippen LogP contribution < -0.4 is 5.73 Å². The first-order chi connectivity index (χ1) is 9.72. The highest BCUT2D eigenvalue weighted by atomic mass is 32.2. The second-order valence-electron chi connectivity index (χ2n) is 4.09. The van der Waals surface area contributed by atoms with Crippen LogP contribution in [0.5, 0.6) is 0 Å². The normalized spacial score (nSPS) is 10.7. The van der Waals surface area contributed by atoms with E-state index in [1.807, 2.05) is 37.4 Å². The molecule has 0 fully saturated rings. The van der Waals surface area contributed by atoms with Crippen LogP contribution >= 0.6 is 11.8 Å². The van der Waals surface area contributed by atoms with E-state index in [0.717, 1.165) is 15.7 Å². The lowest BCUT2D eigenvalue weighted by atomic mass is 10.2. The van der Waals surface area contributed by atoms with Crippen LogP contribution in [-0.2, 0) is 7.05 Å². The van der Waals surface area contributed by atoms with Crippen LogP contribution in [0.1, 0.15) is 0 Å². The van der Waals surface area contributed by atoms with Crippen LogP contribution in [0.2, 0.25) is 0 Å². The average molecular weight is 284 g/mol. The summed E-state index contributed by atoms with van der Waals surface area (Å²) in [6, 6.07) is 11.5. The predicted molar refractivity (Wildman–Crippen MR) is 77.0 cm³/mol. The van der Waals surface area contributed by atoms with Gasteiger partial charge in [0.15, 0.2) is 11.0 Å². The van der Waals surface area contributed by atoms with Gasteiger partial charge in [-0.1, -0.05) is 30.3 Å². The van der Waals surface area contributed by atoms with Crippen LogP contribution in [0, 0.1) is 0 Å². The van der Waals surface area contributed by atoms with Gasteiger partial charge < -0.3 is 5.73 Å². The predicted octanol–water partition coefficient (Wildman–Crippen LogP) is 2.01. The molecule has 20 heavy (non-hydrogen) atoms. The van der Waals surface area contributed by atoms with Gasteiger partial charge in [0, 0.05) is 18.7 Å². The first-order valence-electron chi connectivity index (χ1n) is 5.94. The number of aromatic nitrogens is 5. The molecule has 100 valence electrons. The van der Waals surface area contributed by atoms with Crippen LogP contribution in [0.25, 0.3) is 11.4 Å². The number of hydrogen-bond acceptors (Lipinski definition) is 6. The molecule has 0 spiro atoms. The van der Waals surface area contributed by atoms with Crippen molar-refractivity contribution in [3.63, 3.8) is 0 Å². The lowest BCUT2D eigenvalue weighted by molar-refractivity contribution is 0.684.